The van der Waals surface area contributed by atoms with Gasteiger partial charge in [0.15, 0.2) is 0 Å². The number of nitrogens with zero attached hydrogens (tertiary/aromatic N) is 3. The molecule has 0 aromatic heterocycles. The number of hydrogen-bond donors (Lipinski definition) is 1. The van der Waals surface area contributed by atoms with Gasteiger partial charge < -0.3 is 10.0 Å². The van der Waals surface area contributed by atoms with Gasteiger partial charge in [0.05, 0.1) is 21.8 Å². The normalized spacial score (nSPS) is 10.8. The summed E-state index contributed by atoms with van der Waals surface area (Å²) in [6.07, 6.45) is 0. The summed E-state index contributed by atoms with van der Waals surface area (Å²) < 4.78 is 0. The summed E-state index contributed by atoms with van der Waals surface area (Å²) in [5.74, 6) is 0. The molecule has 0 amide bonds. The molecule has 0 fully saturated rings. The average molecular weight is 249 g/mol. The molecule has 1 aromatic carbocycles. The number of aliphatic hydroxyl groups is 1. The van der Waals surface area contributed by atoms with Gasteiger partial charge >= 0.3 is 0 Å². The van der Waals surface area contributed by atoms with Gasteiger partial charge in [0.25, 0.3) is 5.69 Å². The van der Waals surface area contributed by atoms with E-state index < -0.39 is 10.5 Å². The van der Waals surface area contributed by atoms with E-state index in [1.54, 1.807) is 25.8 Å². The van der Waals surface area contributed by atoms with Crippen molar-refractivity contribution >= 4 is 11.4 Å². The van der Waals surface area contributed by atoms with Gasteiger partial charge in [-0.1, -0.05) is 0 Å². The number of nitro benzene ring substituents is 1. The number of nitriles is 1. The molecule has 0 heterocycles. The Labute approximate surface area is 105 Å². The van der Waals surface area contributed by atoms with Crippen molar-refractivity contribution in [2.45, 2.75) is 19.4 Å². The monoisotopic (exact) mass is 249 g/mol. The number of benzene rings is 1. The maximum Gasteiger partial charge on any atom is 0.270 e. The Morgan fingerprint density at radius 2 is 2.17 bits per heavy atom. The summed E-state index contributed by atoms with van der Waals surface area (Å²) in [5.41, 5.74) is -0.253. The third-order valence-electron chi connectivity index (χ3n) is 2.35. The molecule has 0 radical (unpaired) electrons. The van der Waals surface area contributed by atoms with Crippen LogP contribution in [0, 0.1) is 21.4 Å². The topological polar surface area (TPSA) is 90.4 Å². The van der Waals surface area contributed by atoms with Gasteiger partial charge in [-0.3, -0.25) is 10.1 Å². The van der Waals surface area contributed by atoms with Crippen LogP contribution in [0.1, 0.15) is 19.4 Å². The molecule has 0 aliphatic carbocycles. The van der Waals surface area contributed by atoms with E-state index in [1.165, 1.54) is 18.2 Å². The van der Waals surface area contributed by atoms with Crippen LogP contribution in [0.25, 0.3) is 0 Å². The second kappa shape index (κ2) is 5.02. The first-order valence-electron chi connectivity index (χ1n) is 5.36. The SMILES string of the molecule is CN(CC(C)(C)O)c1ccc([N+](=O)[O-])cc1C#N. The first-order valence-corrected chi connectivity index (χ1v) is 5.36. The molecule has 1 N–H and O–H groups in total. The summed E-state index contributed by atoms with van der Waals surface area (Å²) in [4.78, 5) is 11.8. The fourth-order valence-corrected chi connectivity index (χ4v) is 1.73. The van der Waals surface area contributed by atoms with Gasteiger partial charge in [-0.15, -0.1) is 0 Å². The third kappa shape index (κ3) is 3.43. The number of anilines is 1. The molecule has 0 bridgehead atoms. The summed E-state index contributed by atoms with van der Waals surface area (Å²) in [7, 11) is 1.72. The smallest absolute Gasteiger partial charge is 0.270 e. The maximum absolute atomic E-state index is 10.6. The van der Waals surface area contributed by atoms with Crippen LogP contribution >= 0.6 is 0 Å². The van der Waals surface area contributed by atoms with Crippen LogP contribution < -0.4 is 4.90 Å². The molecule has 1 aromatic rings. The number of non-ortho nitro benzene ring substituents is 1. The quantitative estimate of drug-likeness (QED) is 0.647. The lowest BCUT2D eigenvalue weighted by Crippen LogP contribution is -2.36. The van der Waals surface area contributed by atoms with E-state index in [1.807, 2.05) is 6.07 Å². The minimum atomic E-state index is -0.913. The minimum absolute atomic E-state index is 0.119. The molecule has 1 rings (SSSR count). The van der Waals surface area contributed by atoms with Crippen LogP contribution in [-0.2, 0) is 0 Å². The molecule has 0 aliphatic heterocycles. The standard InChI is InChI=1S/C12H15N3O3/c1-12(2,16)8-14(3)11-5-4-10(15(17)18)6-9(11)7-13/h4-6,16H,8H2,1-3H3. The minimum Gasteiger partial charge on any atom is -0.389 e. The van der Waals surface area contributed by atoms with Gasteiger partial charge in [-0.05, 0) is 19.9 Å². The highest BCUT2D eigenvalue weighted by atomic mass is 16.6. The van der Waals surface area contributed by atoms with Gasteiger partial charge in [-0.2, -0.15) is 5.26 Å². The van der Waals surface area contributed by atoms with Crippen LogP contribution in [0.5, 0.6) is 0 Å². The summed E-state index contributed by atoms with van der Waals surface area (Å²) >= 11 is 0. The van der Waals surface area contributed by atoms with Crippen molar-refractivity contribution in [1.82, 2.24) is 0 Å². The van der Waals surface area contributed by atoms with Crippen molar-refractivity contribution in [3.05, 3.63) is 33.9 Å². The second-order valence-electron chi connectivity index (χ2n) is 4.74. The van der Waals surface area contributed by atoms with Crippen molar-refractivity contribution in [2.24, 2.45) is 0 Å². The molecular formula is C12H15N3O3. The van der Waals surface area contributed by atoms with E-state index in [4.69, 9.17) is 5.26 Å². The van der Waals surface area contributed by atoms with Crippen LogP contribution in [0.15, 0.2) is 18.2 Å². The van der Waals surface area contributed by atoms with Crippen LogP contribution in [0.2, 0.25) is 0 Å². The van der Waals surface area contributed by atoms with E-state index in [9.17, 15) is 15.2 Å². The molecule has 0 atom stereocenters. The molecule has 0 aliphatic rings. The van der Waals surface area contributed by atoms with Gasteiger partial charge in [0, 0.05) is 25.7 Å². The van der Waals surface area contributed by atoms with Crippen LogP contribution in [-0.4, -0.2) is 29.2 Å². The molecule has 0 spiro atoms. The fraction of sp³-hybridized carbons (Fsp3) is 0.417. The van der Waals surface area contributed by atoms with Gasteiger partial charge in [0.2, 0.25) is 0 Å². The number of nitro groups is 1. The van der Waals surface area contributed by atoms with Crippen molar-refractivity contribution < 1.29 is 10.0 Å². The van der Waals surface area contributed by atoms with E-state index in [-0.39, 0.29) is 11.3 Å². The van der Waals surface area contributed by atoms with Gasteiger partial charge in [0.1, 0.15) is 6.07 Å². The van der Waals surface area contributed by atoms with Crippen LogP contribution in [0.3, 0.4) is 0 Å². The second-order valence-corrected chi connectivity index (χ2v) is 4.74. The van der Waals surface area contributed by atoms with Crippen molar-refractivity contribution in [3.63, 3.8) is 0 Å². The Morgan fingerprint density at radius 1 is 1.56 bits per heavy atom. The molecule has 6 nitrogen and oxygen atoms in total. The Morgan fingerprint density at radius 3 is 2.61 bits per heavy atom. The molecule has 0 saturated carbocycles. The lowest BCUT2D eigenvalue weighted by atomic mass is 10.1. The molecule has 6 heteroatoms. The summed E-state index contributed by atoms with van der Waals surface area (Å²) in [6, 6.07) is 6.02. The fourth-order valence-electron chi connectivity index (χ4n) is 1.73. The average Bonchev–Trinajstić information content (AvgIpc) is 2.25. The highest BCUT2D eigenvalue weighted by Gasteiger charge is 2.19. The highest BCUT2D eigenvalue weighted by Crippen LogP contribution is 2.25. The summed E-state index contributed by atoms with van der Waals surface area (Å²) in [6.45, 7) is 3.63. The highest BCUT2D eigenvalue weighted by molar-refractivity contribution is 5.62. The Balaban J connectivity index is 3.11. The Hall–Kier alpha value is -2.13. The third-order valence-corrected chi connectivity index (χ3v) is 2.35. The zero-order chi connectivity index (χ0) is 13.9. The van der Waals surface area contributed by atoms with Crippen LogP contribution in [0.4, 0.5) is 11.4 Å². The first kappa shape index (κ1) is 13.9. The predicted molar refractivity (Wildman–Crippen MR) is 67.4 cm³/mol. The first-order chi connectivity index (χ1) is 8.24. The van der Waals surface area contributed by atoms with E-state index in [0.29, 0.717) is 12.2 Å². The van der Waals surface area contributed by atoms with Crippen molar-refractivity contribution in [1.29, 1.82) is 5.26 Å². The van der Waals surface area contributed by atoms with Crippen molar-refractivity contribution in [3.8, 4) is 6.07 Å². The zero-order valence-electron chi connectivity index (χ0n) is 10.5. The largest absolute Gasteiger partial charge is 0.389 e. The molecule has 0 unspecified atom stereocenters. The number of hydrogen-bond acceptors (Lipinski definition) is 5. The molecular weight excluding hydrogens is 234 g/mol. The Bertz CT molecular complexity index is 500. The van der Waals surface area contributed by atoms with Gasteiger partial charge in [-0.25, -0.2) is 0 Å². The molecule has 18 heavy (non-hydrogen) atoms. The Kier molecular flexibility index (Phi) is 3.89. The van der Waals surface area contributed by atoms with E-state index >= 15 is 0 Å². The summed E-state index contributed by atoms with van der Waals surface area (Å²) in [5, 5.41) is 29.4. The van der Waals surface area contributed by atoms with E-state index in [2.05, 4.69) is 0 Å². The van der Waals surface area contributed by atoms with Crippen molar-refractivity contribution in [2.75, 3.05) is 18.5 Å². The lowest BCUT2D eigenvalue weighted by molar-refractivity contribution is -0.384. The predicted octanol–water partition coefficient (Wildman–Crippen LogP) is 1.67. The maximum atomic E-state index is 10.6. The molecule has 96 valence electrons. The number of rotatable bonds is 4. The molecule has 0 saturated heterocycles. The lowest BCUT2D eigenvalue weighted by Gasteiger charge is -2.27. The van der Waals surface area contributed by atoms with E-state index in [0.717, 1.165) is 0 Å². The zero-order valence-corrected chi connectivity index (χ0v) is 10.5. The number of likely N-dealkylation sites (N-methyl/N-ethyl adjacent to an activating group) is 1.